The fourth-order valence-corrected chi connectivity index (χ4v) is 3.11. The number of hydrogen-bond donors (Lipinski definition) is 1. The van der Waals surface area contributed by atoms with E-state index in [0.29, 0.717) is 22.2 Å². The van der Waals surface area contributed by atoms with Gasteiger partial charge in [0.25, 0.3) is 5.91 Å². The highest BCUT2D eigenvalue weighted by Crippen LogP contribution is 2.22. The summed E-state index contributed by atoms with van der Waals surface area (Å²) < 4.78 is 15.0. The number of aryl methyl sites for hydroxylation is 1. The molecule has 1 N–H and O–H groups in total. The molecular weight excluding hydrogens is 398 g/mol. The minimum absolute atomic E-state index is 0.230. The Kier molecular flexibility index (Phi) is 7.68. The first-order chi connectivity index (χ1) is 13.9. The first kappa shape index (κ1) is 21.8. The summed E-state index contributed by atoms with van der Waals surface area (Å²) >= 11 is 1.19. The number of methoxy groups -OCH3 is 2. The highest BCUT2D eigenvalue weighted by molar-refractivity contribution is 7.09. The summed E-state index contributed by atoms with van der Waals surface area (Å²) in [5.41, 5.74) is 0.931. The van der Waals surface area contributed by atoms with Gasteiger partial charge in [0, 0.05) is 22.7 Å². The summed E-state index contributed by atoms with van der Waals surface area (Å²) in [6.07, 6.45) is 0. The number of benzene rings is 1. The average molecular weight is 417 g/mol. The van der Waals surface area contributed by atoms with E-state index < -0.39 is 36.7 Å². The van der Waals surface area contributed by atoms with Gasteiger partial charge in [0.05, 0.1) is 20.3 Å². The number of nitrogens with one attached hydrogen (secondary N) is 1. The van der Waals surface area contributed by atoms with Gasteiger partial charge in [-0.2, -0.15) is 5.26 Å². The van der Waals surface area contributed by atoms with Gasteiger partial charge in [-0.05, 0) is 19.1 Å². The average Bonchev–Trinajstić information content (AvgIpc) is 3.16. The van der Waals surface area contributed by atoms with Crippen molar-refractivity contribution >= 4 is 29.0 Å². The third-order valence-corrected chi connectivity index (χ3v) is 4.74. The van der Waals surface area contributed by atoms with Crippen LogP contribution in [-0.4, -0.2) is 50.0 Å². The monoisotopic (exact) mass is 417 g/mol. The van der Waals surface area contributed by atoms with Gasteiger partial charge in [0.15, 0.2) is 18.3 Å². The highest BCUT2D eigenvalue weighted by atomic mass is 32.1. The van der Waals surface area contributed by atoms with Crippen LogP contribution in [0.15, 0.2) is 23.6 Å². The fourth-order valence-electron chi connectivity index (χ4n) is 2.25. The van der Waals surface area contributed by atoms with Crippen LogP contribution < -0.4 is 14.8 Å². The summed E-state index contributed by atoms with van der Waals surface area (Å²) in [6, 6.07) is 6.44. The number of hydrogen-bond acceptors (Lipinski definition) is 9. The lowest BCUT2D eigenvalue weighted by molar-refractivity contribution is -0.146. The third kappa shape index (κ3) is 6.02. The maximum Gasteiger partial charge on any atom is 0.325 e. The standard InChI is InChI=1S/C19H19N3O6S/c1-11-10-29-19(22-11)15(7-20)16(23)9-28-17(24)8-21-18(25)12-4-13(26-2)6-14(5-12)27-3/h4-6,10,15H,8-9H2,1-3H3,(H,21,25)/t15-/m1/s1. The molecule has 0 bridgehead atoms. The second-order valence-corrected chi connectivity index (χ2v) is 6.69. The maximum absolute atomic E-state index is 12.2. The van der Waals surface area contributed by atoms with E-state index in [9.17, 15) is 19.6 Å². The Morgan fingerprint density at radius 1 is 1.21 bits per heavy atom. The Morgan fingerprint density at radius 2 is 1.86 bits per heavy atom. The molecule has 0 unspecified atom stereocenters. The van der Waals surface area contributed by atoms with Crippen LogP contribution >= 0.6 is 11.3 Å². The largest absolute Gasteiger partial charge is 0.497 e. The van der Waals surface area contributed by atoms with Crippen molar-refractivity contribution in [2.75, 3.05) is 27.4 Å². The number of ether oxygens (including phenoxy) is 3. The number of ketones is 1. The fraction of sp³-hybridized carbons (Fsp3) is 0.316. The molecule has 1 heterocycles. The molecule has 0 radical (unpaired) electrons. The SMILES string of the molecule is COc1cc(OC)cc(C(=O)NCC(=O)OCC(=O)[C@@H](C#N)c2nc(C)cs2)c1. The van der Waals surface area contributed by atoms with Crippen molar-refractivity contribution < 1.29 is 28.6 Å². The number of carbonyl (C=O) groups excluding carboxylic acids is 3. The zero-order valence-corrected chi connectivity index (χ0v) is 16.9. The summed E-state index contributed by atoms with van der Waals surface area (Å²) in [6.45, 7) is 0.720. The number of Topliss-reactive ketones (excluding diaryl/α,β-unsaturated/α-hetero) is 1. The number of thiazole rings is 1. The van der Waals surface area contributed by atoms with Gasteiger partial charge in [-0.15, -0.1) is 11.3 Å². The molecule has 0 aliphatic rings. The number of nitriles is 1. The van der Waals surface area contributed by atoms with E-state index in [2.05, 4.69) is 10.3 Å². The van der Waals surface area contributed by atoms with E-state index >= 15 is 0 Å². The number of nitrogens with zero attached hydrogens (tertiary/aromatic N) is 2. The normalized spacial score (nSPS) is 11.1. The van der Waals surface area contributed by atoms with Crippen molar-refractivity contribution in [1.82, 2.24) is 10.3 Å². The Bertz CT molecular complexity index is 927. The topological polar surface area (TPSA) is 128 Å². The van der Waals surface area contributed by atoms with Crippen LogP contribution in [0.1, 0.15) is 27.0 Å². The molecule has 152 valence electrons. The zero-order chi connectivity index (χ0) is 21.4. The quantitative estimate of drug-likeness (QED) is 0.610. The molecule has 1 aromatic heterocycles. The molecule has 2 rings (SSSR count). The van der Waals surface area contributed by atoms with Gasteiger partial charge < -0.3 is 19.5 Å². The summed E-state index contributed by atoms with van der Waals surface area (Å²) in [4.78, 5) is 40.3. The Hall–Kier alpha value is -3.45. The number of amides is 1. The van der Waals surface area contributed by atoms with E-state index in [1.165, 1.54) is 37.7 Å². The van der Waals surface area contributed by atoms with Crippen molar-refractivity contribution in [3.8, 4) is 17.6 Å². The smallest absolute Gasteiger partial charge is 0.325 e. The van der Waals surface area contributed by atoms with Crippen LogP contribution in [0.2, 0.25) is 0 Å². The Labute approximate surface area is 171 Å². The second kappa shape index (κ2) is 10.2. The molecule has 0 aliphatic heterocycles. The van der Waals surface area contributed by atoms with Gasteiger partial charge in [0.2, 0.25) is 0 Å². The molecular formula is C19H19N3O6S. The Morgan fingerprint density at radius 3 is 2.38 bits per heavy atom. The molecule has 1 amide bonds. The van der Waals surface area contributed by atoms with Crippen molar-refractivity contribution in [2.45, 2.75) is 12.8 Å². The lowest BCUT2D eigenvalue weighted by Crippen LogP contribution is -2.32. The van der Waals surface area contributed by atoms with Crippen LogP contribution in [0.4, 0.5) is 0 Å². The van der Waals surface area contributed by atoms with Crippen LogP contribution in [0.5, 0.6) is 11.5 Å². The minimum Gasteiger partial charge on any atom is -0.497 e. The molecule has 29 heavy (non-hydrogen) atoms. The van der Waals surface area contributed by atoms with E-state index in [1.54, 1.807) is 18.4 Å². The van der Waals surface area contributed by atoms with Gasteiger partial charge in [-0.25, -0.2) is 4.98 Å². The number of carbonyl (C=O) groups is 3. The predicted octanol–water partition coefficient (Wildman–Crippen LogP) is 1.62. The molecule has 10 heteroatoms. The minimum atomic E-state index is -1.10. The highest BCUT2D eigenvalue weighted by Gasteiger charge is 2.24. The molecule has 1 aromatic carbocycles. The molecule has 0 aliphatic carbocycles. The van der Waals surface area contributed by atoms with E-state index in [4.69, 9.17) is 14.2 Å². The van der Waals surface area contributed by atoms with Crippen molar-refractivity contribution in [2.24, 2.45) is 0 Å². The zero-order valence-electron chi connectivity index (χ0n) is 16.1. The van der Waals surface area contributed by atoms with Crippen LogP contribution in [0.25, 0.3) is 0 Å². The molecule has 0 saturated carbocycles. The van der Waals surface area contributed by atoms with Gasteiger partial charge in [-0.3, -0.25) is 14.4 Å². The second-order valence-electron chi connectivity index (χ2n) is 5.80. The molecule has 0 spiro atoms. The lowest BCUT2D eigenvalue weighted by atomic mass is 10.1. The molecule has 2 aromatic rings. The first-order valence-electron chi connectivity index (χ1n) is 8.39. The third-order valence-electron chi connectivity index (χ3n) is 3.72. The van der Waals surface area contributed by atoms with Crippen LogP contribution in [0.3, 0.4) is 0 Å². The van der Waals surface area contributed by atoms with Gasteiger partial charge in [-0.1, -0.05) is 0 Å². The molecule has 0 saturated heterocycles. The summed E-state index contributed by atoms with van der Waals surface area (Å²) in [5, 5.41) is 13.7. The predicted molar refractivity (Wildman–Crippen MR) is 103 cm³/mol. The van der Waals surface area contributed by atoms with E-state index in [-0.39, 0.29) is 5.56 Å². The van der Waals surface area contributed by atoms with Crippen molar-refractivity contribution in [3.63, 3.8) is 0 Å². The lowest BCUT2D eigenvalue weighted by Gasteiger charge is -2.10. The van der Waals surface area contributed by atoms with Gasteiger partial charge >= 0.3 is 5.97 Å². The summed E-state index contributed by atoms with van der Waals surface area (Å²) in [7, 11) is 2.90. The van der Waals surface area contributed by atoms with E-state index in [1.807, 2.05) is 6.07 Å². The van der Waals surface area contributed by atoms with Crippen molar-refractivity contribution in [3.05, 3.63) is 39.8 Å². The molecule has 9 nitrogen and oxygen atoms in total. The van der Waals surface area contributed by atoms with E-state index in [0.717, 1.165) is 0 Å². The maximum atomic E-state index is 12.2. The number of esters is 1. The summed E-state index contributed by atoms with van der Waals surface area (Å²) in [5.74, 6) is -2.20. The first-order valence-corrected chi connectivity index (χ1v) is 9.27. The van der Waals surface area contributed by atoms with Crippen LogP contribution in [-0.2, 0) is 14.3 Å². The van der Waals surface area contributed by atoms with Crippen LogP contribution in [0, 0.1) is 18.3 Å². The Balaban J connectivity index is 1.87. The number of aromatic nitrogens is 1. The molecule has 1 atom stereocenters. The van der Waals surface area contributed by atoms with Crippen molar-refractivity contribution in [1.29, 1.82) is 5.26 Å². The molecule has 0 fully saturated rings. The number of rotatable bonds is 9. The van der Waals surface area contributed by atoms with Gasteiger partial charge in [0.1, 0.15) is 23.1 Å².